The van der Waals surface area contributed by atoms with E-state index in [1.165, 1.54) is 19.2 Å². The van der Waals surface area contributed by atoms with Crippen molar-refractivity contribution in [2.45, 2.75) is 13.0 Å². The van der Waals surface area contributed by atoms with Gasteiger partial charge in [-0.05, 0) is 11.6 Å². The lowest BCUT2D eigenvalue weighted by Crippen LogP contribution is -2.20. The second-order valence-corrected chi connectivity index (χ2v) is 3.53. The Bertz CT molecular complexity index is 448. The predicted molar refractivity (Wildman–Crippen MR) is 65.2 cm³/mol. The molecule has 0 aromatic heterocycles. The van der Waals surface area contributed by atoms with E-state index in [-0.39, 0.29) is 36.9 Å². The van der Waals surface area contributed by atoms with E-state index in [4.69, 9.17) is 10.5 Å². The molecule has 1 rings (SSSR count). The van der Waals surface area contributed by atoms with E-state index in [0.717, 1.165) is 5.56 Å². The average Bonchev–Trinajstić information content (AvgIpc) is 2.37. The average molecular weight is 253 g/mol. The molecule has 1 aromatic rings. The van der Waals surface area contributed by atoms with E-state index in [1.807, 2.05) is 0 Å². The Labute approximate surface area is 104 Å². The zero-order valence-electron chi connectivity index (χ0n) is 10.0. The lowest BCUT2D eigenvalue weighted by atomic mass is 10.2. The second kappa shape index (κ2) is 6.55. The first-order valence-corrected chi connectivity index (χ1v) is 5.39. The van der Waals surface area contributed by atoms with E-state index in [9.17, 15) is 14.9 Å². The van der Waals surface area contributed by atoms with Crippen LogP contribution >= 0.6 is 0 Å². The van der Waals surface area contributed by atoms with Gasteiger partial charge in [0.25, 0.3) is 0 Å². The normalized spacial score (nSPS) is 9.89. The maximum absolute atomic E-state index is 11.0. The van der Waals surface area contributed by atoms with Crippen LogP contribution in [0.15, 0.2) is 18.2 Å². The molecule has 0 aliphatic carbocycles. The van der Waals surface area contributed by atoms with Gasteiger partial charge in [0.15, 0.2) is 5.75 Å². The van der Waals surface area contributed by atoms with Crippen LogP contribution < -0.4 is 15.8 Å². The van der Waals surface area contributed by atoms with Gasteiger partial charge < -0.3 is 15.8 Å². The summed E-state index contributed by atoms with van der Waals surface area (Å²) < 4.78 is 5.26. The molecule has 0 heterocycles. The van der Waals surface area contributed by atoms with Gasteiger partial charge in [0.05, 0.1) is 18.0 Å². The summed E-state index contributed by atoms with van der Waals surface area (Å²) in [5.74, 6) is -0.0560. The van der Waals surface area contributed by atoms with Crippen molar-refractivity contribution in [3.63, 3.8) is 0 Å². The summed E-state index contributed by atoms with van der Waals surface area (Å²) in [5, 5.41) is 13.2. The summed E-state index contributed by atoms with van der Waals surface area (Å²) >= 11 is 0. The first kappa shape index (κ1) is 13.9. The molecule has 0 fully saturated rings. The Balaban J connectivity index is 2.78. The highest BCUT2D eigenvalue weighted by Crippen LogP contribution is 2.27. The maximum atomic E-state index is 11.0. The SMILES string of the molecule is CNC(=O)CCOc1cc(CN)ccc1[N+](=O)[O-]. The smallest absolute Gasteiger partial charge is 0.310 e. The molecule has 0 radical (unpaired) electrons. The maximum Gasteiger partial charge on any atom is 0.310 e. The van der Waals surface area contributed by atoms with Crippen LogP contribution in [0.4, 0.5) is 5.69 Å². The predicted octanol–water partition coefficient (Wildman–Crippen LogP) is 0.568. The fourth-order valence-electron chi connectivity index (χ4n) is 1.33. The lowest BCUT2D eigenvalue weighted by molar-refractivity contribution is -0.385. The van der Waals surface area contributed by atoms with E-state index >= 15 is 0 Å². The molecule has 0 unspecified atom stereocenters. The number of carbonyl (C=O) groups is 1. The molecular formula is C11H15N3O4. The van der Waals surface area contributed by atoms with Crippen molar-refractivity contribution in [1.29, 1.82) is 0 Å². The minimum absolute atomic E-state index is 0.0779. The van der Waals surface area contributed by atoms with Gasteiger partial charge >= 0.3 is 5.69 Å². The van der Waals surface area contributed by atoms with E-state index in [2.05, 4.69) is 5.32 Å². The molecule has 0 saturated carbocycles. The number of rotatable bonds is 6. The molecule has 0 aliphatic rings. The number of nitrogens with two attached hydrogens (primary N) is 1. The number of amides is 1. The van der Waals surface area contributed by atoms with Crippen LogP contribution in [-0.4, -0.2) is 24.5 Å². The Hall–Kier alpha value is -2.15. The van der Waals surface area contributed by atoms with E-state index in [0.29, 0.717) is 0 Å². The number of ether oxygens (including phenoxy) is 1. The highest BCUT2D eigenvalue weighted by atomic mass is 16.6. The molecule has 3 N–H and O–H groups in total. The Kier molecular flexibility index (Phi) is 5.06. The summed E-state index contributed by atoms with van der Waals surface area (Å²) in [6, 6.07) is 4.43. The Morgan fingerprint density at radius 1 is 1.56 bits per heavy atom. The third kappa shape index (κ3) is 3.70. The topological polar surface area (TPSA) is 107 Å². The van der Waals surface area contributed by atoms with Gasteiger partial charge in [-0.2, -0.15) is 0 Å². The van der Waals surface area contributed by atoms with Crippen LogP contribution in [-0.2, 0) is 11.3 Å². The summed E-state index contributed by atoms with van der Waals surface area (Å²) in [5.41, 5.74) is 6.05. The van der Waals surface area contributed by atoms with Crippen LogP contribution in [0.5, 0.6) is 5.75 Å². The highest BCUT2D eigenvalue weighted by Gasteiger charge is 2.15. The summed E-state index contributed by atoms with van der Waals surface area (Å²) in [6.45, 7) is 0.346. The zero-order chi connectivity index (χ0) is 13.5. The molecule has 0 aliphatic heterocycles. The number of nitro groups is 1. The number of hydrogen-bond acceptors (Lipinski definition) is 5. The largest absolute Gasteiger partial charge is 0.486 e. The first-order chi connectivity index (χ1) is 8.58. The molecule has 7 nitrogen and oxygen atoms in total. The van der Waals surface area contributed by atoms with Crippen LogP contribution in [0.25, 0.3) is 0 Å². The molecule has 1 amide bonds. The number of nitrogens with zero attached hydrogens (tertiary/aromatic N) is 1. The molecule has 1 aromatic carbocycles. The molecule has 18 heavy (non-hydrogen) atoms. The molecule has 0 saturated heterocycles. The van der Waals surface area contributed by atoms with Crippen LogP contribution in [0.3, 0.4) is 0 Å². The summed E-state index contributed by atoms with van der Waals surface area (Å²) in [7, 11) is 1.51. The third-order valence-corrected chi connectivity index (χ3v) is 2.32. The van der Waals surface area contributed by atoms with Crippen LogP contribution in [0.1, 0.15) is 12.0 Å². The van der Waals surface area contributed by atoms with Gasteiger partial charge in [-0.3, -0.25) is 14.9 Å². The number of nitrogens with one attached hydrogen (secondary N) is 1. The van der Waals surface area contributed by atoms with Crippen molar-refractivity contribution in [2.24, 2.45) is 5.73 Å². The monoisotopic (exact) mass is 253 g/mol. The van der Waals surface area contributed by atoms with Crippen molar-refractivity contribution >= 4 is 11.6 Å². The molecular weight excluding hydrogens is 238 g/mol. The number of benzene rings is 1. The van der Waals surface area contributed by atoms with Gasteiger partial charge in [0.2, 0.25) is 5.91 Å². The molecule has 98 valence electrons. The molecule has 7 heteroatoms. The quantitative estimate of drug-likeness (QED) is 0.569. The number of carbonyl (C=O) groups excluding carboxylic acids is 1. The van der Waals surface area contributed by atoms with Crippen molar-refractivity contribution in [2.75, 3.05) is 13.7 Å². The standard InChI is InChI=1S/C11H15N3O4/c1-13-11(15)4-5-18-10-6-8(7-12)2-3-9(10)14(16)17/h2-3,6H,4-5,7,12H2,1H3,(H,13,15). The highest BCUT2D eigenvalue weighted by molar-refractivity contribution is 5.75. The Morgan fingerprint density at radius 2 is 2.28 bits per heavy atom. The van der Waals surface area contributed by atoms with Gasteiger partial charge in [0.1, 0.15) is 0 Å². The number of hydrogen-bond donors (Lipinski definition) is 2. The van der Waals surface area contributed by atoms with Gasteiger partial charge in [-0.15, -0.1) is 0 Å². The van der Waals surface area contributed by atoms with Crippen molar-refractivity contribution in [3.8, 4) is 5.75 Å². The van der Waals surface area contributed by atoms with Gasteiger partial charge in [0, 0.05) is 19.7 Å². The van der Waals surface area contributed by atoms with Crippen LogP contribution in [0, 0.1) is 10.1 Å². The summed E-state index contributed by atoms with van der Waals surface area (Å²) in [6.07, 6.45) is 0.139. The zero-order valence-corrected chi connectivity index (χ0v) is 10.0. The van der Waals surface area contributed by atoms with Gasteiger partial charge in [-0.25, -0.2) is 0 Å². The Morgan fingerprint density at radius 3 is 2.83 bits per heavy atom. The third-order valence-electron chi connectivity index (χ3n) is 2.32. The molecule has 0 atom stereocenters. The lowest BCUT2D eigenvalue weighted by Gasteiger charge is -2.07. The van der Waals surface area contributed by atoms with E-state index < -0.39 is 4.92 Å². The molecule has 0 bridgehead atoms. The van der Waals surface area contributed by atoms with Crippen molar-refractivity contribution < 1.29 is 14.5 Å². The molecule has 0 spiro atoms. The number of nitro benzene ring substituents is 1. The van der Waals surface area contributed by atoms with Crippen LogP contribution in [0.2, 0.25) is 0 Å². The minimum atomic E-state index is -0.532. The fourth-order valence-corrected chi connectivity index (χ4v) is 1.33. The fraction of sp³-hybridized carbons (Fsp3) is 0.364. The van der Waals surface area contributed by atoms with Gasteiger partial charge in [-0.1, -0.05) is 6.07 Å². The van der Waals surface area contributed by atoms with E-state index in [1.54, 1.807) is 6.07 Å². The van der Waals surface area contributed by atoms with Crippen molar-refractivity contribution in [3.05, 3.63) is 33.9 Å². The minimum Gasteiger partial charge on any atom is -0.486 e. The van der Waals surface area contributed by atoms with Crippen molar-refractivity contribution in [1.82, 2.24) is 5.32 Å². The second-order valence-electron chi connectivity index (χ2n) is 3.53. The summed E-state index contributed by atoms with van der Waals surface area (Å²) in [4.78, 5) is 21.3. The first-order valence-electron chi connectivity index (χ1n) is 5.39.